The Morgan fingerprint density at radius 3 is 1.05 bits per heavy atom. The van der Waals surface area contributed by atoms with Crippen molar-refractivity contribution < 1.29 is 28.6 Å². The average molecular weight is 877 g/mol. The third-order valence-electron chi connectivity index (χ3n) is 10.9. The standard InChI is InChI=1S/C57H96O6/c1-4-7-10-13-16-19-22-24-26-27-28-29-31-32-35-38-41-44-47-50-56(59)62-53-54(52-61-55(58)49-46-43-40-37-34-21-18-15-12-9-6-3)63-57(60)51-48-45-42-39-36-33-30-25-23-20-17-14-11-8-5-2/h7,10,15-16,18-19,24-26,28-30,32,35,54H,4-6,8-9,11-14,17,20-23,27,31,33-34,36-53H2,1-3H3/b10-7-,18-15-,19-16-,26-24-,29-28-,30-25-,35-32-. The van der Waals surface area contributed by atoms with Gasteiger partial charge >= 0.3 is 17.9 Å². The highest BCUT2D eigenvalue weighted by Gasteiger charge is 2.19. The van der Waals surface area contributed by atoms with Crippen molar-refractivity contribution in [2.75, 3.05) is 13.2 Å². The Morgan fingerprint density at radius 2 is 0.635 bits per heavy atom. The minimum absolute atomic E-state index is 0.0954. The van der Waals surface area contributed by atoms with Crippen LogP contribution in [0.1, 0.15) is 239 Å². The number of carbonyl (C=O) groups excluding carboxylic acids is 3. The lowest BCUT2D eigenvalue weighted by atomic mass is 10.1. The topological polar surface area (TPSA) is 78.9 Å². The molecule has 6 nitrogen and oxygen atoms in total. The molecule has 0 fully saturated rings. The third kappa shape index (κ3) is 49.5. The molecule has 0 aliphatic heterocycles. The number of allylic oxidation sites excluding steroid dienone is 14. The van der Waals surface area contributed by atoms with Crippen LogP contribution in [0.2, 0.25) is 0 Å². The Balaban J connectivity index is 4.45. The van der Waals surface area contributed by atoms with E-state index in [0.717, 1.165) is 122 Å². The van der Waals surface area contributed by atoms with Crippen LogP contribution in [0.25, 0.3) is 0 Å². The lowest BCUT2D eigenvalue weighted by Gasteiger charge is -2.18. The molecule has 0 amide bonds. The van der Waals surface area contributed by atoms with Gasteiger partial charge in [-0.3, -0.25) is 14.4 Å². The van der Waals surface area contributed by atoms with Crippen molar-refractivity contribution in [2.24, 2.45) is 0 Å². The number of ether oxygens (including phenoxy) is 3. The summed E-state index contributed by atoms with van der Waals surface area (Å²) in [6.07, 6.45) is 65.6. The van der Waals surface area contributed by atoms with Crippen LogP contribution in [0, 0.1) is 0 Å². The number of rotatable bonds is 46. The maximum Gasteiger partial charge on any atom is 0.306 e. The highest BCUT2D eigenvalue weighted by Crippen LogP contribution is 2.13. The molecule has 0 aromatic rings. The Hall–Kier alpha value is -3.41. The van der Waals surface area contributed by atoms with Gasteiger partial charge in [0.25, 0.3) is 0 Å². The average Bonchev–Trinajstić information content (AvgIpc) is 3.28. The maximum atomic E-state index is 12.8. The highest BCUT2D eigenvalue weighted by molar-refractivity contribution is 5.71. The van der Waals surface area contributed by atoms with Gasteiger partial charge in [0, 0.05) is 19.3 Å². The Kier molecular flexibility index (Phi) is 48.5. The number of unbranched alkanes of at least 4 members (excludes halogenated alkanes) is 21. The summed E-state index contributed by atoms with van der Waals surface area (Å²) >= 11 is 0. The molecule has 0 aliphatic rings. The smallest absolute Gasteiger partial charge is 0.306 e. The number of esters is 3. The summed E-state index contributed by atoms with van der Waals surface area (Å²) in [6, 6.07) is 0. The lowest BCUT2D eigenvalue weighted by Crippen LogP contribution is -2.30. The first kappa shape index (κ1) is 59.6. The van der Waals surface area contributed by atoms with Crippen LogP contribution in [0.5, 0.6) is 0 Å². The van der Waals surface area contributed by atoms with E-state index in [4.69, 9.17) is 14.2 Å². The molecular formula is C57H96O6. The predicted octanol–water partition coefficient (Wildman–Crippen LogP) is 17.2. The first-order valence-corrected chi connectivity index (χ1v) is 26.1. The zero-order chi connectivity index (χ0) is 45.8. The quantitative estimate of drug-likeness (QED) is 0.0262. The summed E-state index contributed by atoms with van der Waals surface area (Å²) in [7, 11) is 0. The largest absolute Gasteiger partial charge is 0.462 e. The number of hydrogen-bond donors (Lipinski definition) is 0. The van der Waals surface area contributed by atoms with Gasteiger partial charge in [-0.15, -0.1) is 0 Å². The minimum atomic E-state index is -0.797. The van der Waals surface area contributed by atoms with Crippen LogP contribution in [0.15, 0.2) is 85.1 Å². The normalized spacial score (nSPS) is 12.7. The van der Waals surface area contributed by atoms with Crippen LogP contribution >= 0.6 is 0 Å². The van der Waals surface area contributed by atoms with Crippen molar-refractivity contribution in [1.29, 1.82) is 0 Å². The second kappa shape index (κ2) is 51.2. The number of hydrogen-bond acceptors (Lipinski definition) is 6. The SMILES string of the molecule is CC/C=C\C/C=C\C/C=C\C/C=C\C/C=C\CCCCCC(=O)OCC(COC(=O)CCCCCCC/C=C\CCCC)OC(=O)CCCCCCC/C=C\CCCCCCCC. The van der Waals surface area contributed by atoms with Gasteiger partial charge in [0.2, 0.25) is 0 Å². The molecule has 360 valence electrons. The summed E-state index contributed by atoms with van der Waals surface area (Å²) in [5.74, 6) is -0.947. The molecule has 1 unspecified atom stereocenters. The monoisotopic (exact) mass is 877 g/mol. The zero-order valence-corrected chi connectivity index (χ0v) is 41.1. The van der Waals surface area contributed by atoms with Crippen LogP contribution < -0.4 is 0 Å². The fourth-order valence-electron chi connectivity index (χ4n) is 6.91. The van der Waals surface area contributed by atoms with E-state index in [1.54, 1.807) is 0 Å². The predicted molar refractivity (Wildman–Crippen MR) is 270 cm³/mol. The highest BCUT2D eigenvalue weighted by atomic mass is 16.6. The molecule has 0 aromatic carbocycles. The van der Waals surface area contributed by atoms with Crippen molar-refractivity contribution >= 4 is 17.9 Å². The molecular weight excluding hydrogens is 781 g/mol. The van der Waals surface area contributed by atoms with Gasteiger partial charge in [-0.25, -0.2) is 0 Å². The molecule has 0 rings (SSSR count). The Bertz CT molecular complexity index is 1240. The second-order valence-electron chi connectivity index (χ2n) is 17.0. The van der Waals surface area contributed by atoms with Gasteiger partial charge < -0.3 is 14.2 Å². The maximum absolute atomic E-state index is 12.8. The van der Waals surface area contributed by atoms with Crippen molar-refractivity contribution in [2.45, 2.75) is 245 Å². The zero-order valence-electron chi connectivity index (χ0n) is 41.1. The molecule has 0 saturated carbocycles. The van der Waals surface area contributed by atoms with Gasteiger partial charge in [0.15, 0.2) is 6.10 Å². The van der Waals surface area contributed by atoms with Crippen LogP contribution in [0.3, 0.4) is 0 Å². The fourth-order valence-corrected chi connectivity index (χ4v) is 6.91. The molecule has 63 heavy (non-hydrogen) atoms. The number of carbonyl (C=O) groups is 3. The third-order valence-corrected chi connectivity index (χ3v) is 10.9. The molecule has 1 atom stereocenters. The van der Waals surface area contributed by atoms with E-state index in [-0.39, 0.29) is 31.1 Å². The van der Waals surface area contributed by atoms with Crippen molar-refractivity contribution in [3.63, 3.8) is 0 Å². The lowest BCUT2D eigenvalue weighted by molar-refractivity contribution is -0.167. The molecule has 0 aromatic heterocycles. The van der Waals surface area contributed by atoms with E-state index < -0.39 is 6.10 Å². The molecule has 0 saturated heterocycles. The van der Waals surface area contributed by atoms with Gasteiger partial charge in [0.05, 0.1) is 0 Å². The molecule has 0 bridgehead atoms. The summed E-state index contributed by atoms with van der Waals surface area (Å²) in [5, 5.41) is 0. The van der Waals surface area contributed by atoms with Gasteiger partial charge in [-0.1, -0.05) is 196 Å². The first-order valence-electron chi connectivity index (χ1n) is 26.1. The molecule has 0 N–H and O–H groups in total. The van der Waals surface area contributed by atoms with Crippen LogP contribution in [-0.4, -0.2) is 37.2 Å². The molecule has 0 heterocycles. The first-order chi connectivity index (χ1) is 31.0. The summed E-state index contributed by atoms with van der Waals surface area (Å²) in [5.41, 5.74) is 0. The van der Waals surface area contributed by atoms with E-state index in [2.05, 4.69) is 106 Å². The van der Waals surface area contributed by atoms with E-state index in [9.17, 15) is 14.4 Å². The van der Waals surface area contributed by atoms with Crippen molar-refractivity contribution in [1.82, 2.24) is 0 Å². The molecule has 0 radical (unpaired) electrons. The molecule has 0 spiro atoms. The van der Waals surface area contributed by atoms with Crippen molar-refractivity contribution in [3.05, 3.63) is 85.1 Å². The van der Waals surface area contributed by atoms with Crippen LogP contribution in [-0.2, 0) is 28.6 Å². The summed E-state index contributed by atoms with van der Waals surface area (Å²) in [4.78, 5) is 38.0. The van der Waals surface area contributed by atoms with E-state index >= 15 is 0 Å². The Labute approximate surface area is 388 Å². The van der Waals surface area contributed by atoms with Gasteiger partial charge in [-0.05, 0) is 109 Å². The summed E-state index contributed by atoms with van der Waals surface area (Å²) < 4.78 is 16.8. The molecule has 6 heteroatoms. The summed E-state index contributed by atoms with van der Waals surface area (Å²) in [6.45, 7) is 6.43. The minimum Gasteiger partial charge on any atom is -0.462 e. The van der Waals surface area contributed by atoms with E-state index in [1.807, 2.05) is 0 Å². The van der Waals surface area contributed by atoms with Gasteiger partial charge in [0.1, 0.15) is 13.2 Å². The van der Waals surface area contributed by atoms with E-state index in [1.165, 1.54) is 77.0 Å². The Morgan fingerprint density at radius 1 is 0.333 bits per heavy atom. The fraction of sp³-hybridized carbons (Fsp3) is 0.702. The molecule has 0 aliphatic carbocycles. The van der Waals surface area contributed by atoms with E-state index in [0.29, 0.717) is 19.3 Å². The van der Waals surface area contributed by atoms with Crippen molar-refractivity contribution in [3.8, 4) is 0 Å². The van der Waals surface area contributed by atoms with Crippen LogP contribution in [0.4, 0.5) is 0 Å². The van der Waals surface area contributed by atoms with Gasteiger partial charge in [-0.2, -0.15) is 0 Å². The second-order valence-corrected chi connectivity index (χ2v) is 17.0.